The van der Waals surface area contributed by atoms with Gasteiger partial charge in [-0.2, -0.15) is 46.9 Å². The van der Waals surface area contributed by atoms with Crippen molar-refractivity contribution in [3.8, 4) is 0 Å². The zero-order chi connectivity index (χ0) is 18.4. The molecule has 0 heterocycles. The summed E-state index contributed by atoms with van der Waals surface area (Å²) in [6.07, 6.45) is -0.877. The van der Waals surface area contributed by atoms with Crippen LogP contribution in [-0.2, 0) is 24.8 Å². The van der Waals surface area contributed by atoms with Crippen LogP contribution in [0.1, 0.15) is 19.8 Å². The first-order valence-electron chi connectivity index (χ1n) is 5.68. The number of halogens is 6. The molecule has 0 radical (unpaired) electrons. The van der Waals surface area contributed by atoms with Gasteiger partial charge in [0.05, 0.1) is 5.70 Å². The van der Waals surface area contributed by atoms with Gasteiger partial charge in [-0.15, -0.1) is 0 Å². The lowest BCUT2D eigenvalue weighted by molar-refractivity contribution is -0.115. The normalized spacial score (nSPS) is 21.1. The Bertz CT molecular complexity index is 689. The van der Waals surface area contributed by atoms with E-state index in [-0.39, 0.29) is 12.5 Å². The number of sulfonamides is 2. The molecule has 1 unspecified atom stereocenters. The Kier molecular flexibility index (Phi) is 4.85. The van der Waals surface area contributed by atoms with Gasteiger partial charge in [0.25, 0.3) is 0 Å². The molecule has 0 aliphatic heterocycles. The third-order valence-electron chi connectivity index (χ3n) is 2.69. The predicted octanol–water partition coefficient (Wildman–Crippen LogP) is 1.87. The third kappa shape index (κ3) is 3.62. The fraction of sp³-hybridized carbons (Fsp3) is 0.667. The van der Waals surface area contributed by atoms with Crippen LogP contribution in [0.4, 0.5) is 26.3 Å². The molecule has 0 saturated heterocycles. The van der Waals surface area contributed by atoms with Crippen LogP contribution in [0, 0.1) is 5.92 Å². The summed E-state index contributed by atoms with van der Waals surface area (Å²) in [4.78, 5) is 11.3. The van der Waals surface area contributed by atoms with E-state index in [1.54, 1.807) is 0 Å². The molecule has 23 heavy (non-hydrogen) atoms. The van der Waals surface area contributed by atoms with E-state index in [0.717, 1.165) is 0 Å². The van der Waals surface area contributed by atoms with Crippen LogP contribution in [0.5, 0.6) is 0 Å². The van der Waals surface area contributed by atoms with Crippen molar-refractivity contribution >= 4 is 25.8 Å². The highest BCUT2D eigenvalue weighted by Gasteiger charge is 2.62. The minimum atomic E-state index is -6.92. The number of carbonyl (C=O) groups is 1. The molecule has 0 bridgehead atoms. The molecule has 14 heteroatoms. The Balaban J connectivity index is 3.69. The summed E-state index contributed by atoms with van der Waals surface area (Å²) in [5, 5.41) is 0. The van der Waals surface area contributed by atoms with E-state index in [2.05, 4.69) is 0 Å². The van der Waals surface area contributed by atoms with Gasteiger partial charge in [0.2, 0.25) is 0 Å². The van der Waals surface area contributed by atoms with Gasteiger partial charge in [0.15, 0.2) is 5.78 Å². The summed E-state index contributed by atoms with van der Waals surface area (Å²) in [6, 6.07) is 0. The lowest BCUT2D eigenvalue weighted by Gasteiger charge is -2.30. The number of hydrogen-bond donors (Lipinski definition) is 0. The highest BCUT2D eigenvalue weighted by molar-refractivity contribution is 8.05. The molecule has 134 valence electrons. The molecule has 1 aliphatic carbocycles. The van der Waals surface area contributed by atoms with Crippen molar-refractivity contribution in [1.82, 2.24) is 3.71 Å². The van der Waals surface area contributed by atoms with Crippen LogP contribution in [-0.4, -0.2) is 37.3 Å². The van der Waals surface area contributed by atoms with E-state index in [4.69, 9.17) is 0 Å². The Labute approximate surface area is 126 Å². The molecule has 0 saturated carbocycles. The fourth-order valence-electron chi connectivity index (χ4n) is 1.83. The van der Waals surface area contributed by atoms with Crippen molar-refractivity contribution in [3.05, 3.63) is 11.8 Å². The largest absolute Gasteiger partial charge is 0.517 e. The Morgan fingerprint density at radius 1 is 0.957 bits per heavy atom. The van der Waals surface area contributed by atoms with E-state index in [1.807, 2.05) is 0 Å². The summed E-state index contributed by atoms with van der Waals surface area (Å²) in [5.74, 6) is -1.82. The second kappa shape index (κ2) is 5.65. The maximum absolute atomic E-state index is 12.6. The van der Waals surface area contributed by atoms with E-state index < -0.39 is 58.6 Å². The first-order valence-corrected chi connectivity index (χ1v) is 8.56. The van der Waals surface area contributed by atoms with E-state index in [1.165, 1.54) is 6.92 Å². The highest BCUT2D eigenvalue weighted by atomic mass is 32.3. The SMILES string of the molecule is CC1CC(=O)C=C(N(S(=O)(=O)C(F)(F)F)S(=O)(=O)C(F)(F)F)C1. The van der Waals surface area contributed by atoms with Crippen molar-refractivity contribution in [1.29, 1.82) is 0 Å². The van der Waals surface area contributed by atoms with Gasteiger partial charge in [-0.25, -0.2) is 0 Å². The van der Waals surface area contributed by atoms with E-state index >= 15 is 0 Å². The van der Waals surface area contributed by atoms with E-state index in [0.29, 0.717) is 0 Å². The van der Waals surface area contributed by atoms with Crippen LogP contribution in [0.25, 0.3) is 0 Å². The number of alkyl halides is 6. The Morgan fingerprint density at radius 3 is 1.65 bits per heavy atom. The first-order chi connectivity index (χ1) is 10.0. The maximum Gasteiger partial charge on any atom is 0.517 e. The summed E-state index contributed by atoms with van der Waals surface area (Å²) < 4.78 is 119. The minimum Gasteiger partial charge on any atom is -0.295 e. The minimum absolute atomic E-state index is 0.159. The standard InChI is InChI=1S/C9H9F6NO5S2/c1-5-2-6(4-7(17)3-5)16(22(18,19)8(10,11)12)23(20,21)9(13,14)15/h4-5H,2-3H2,1H3. The van der Waals surface area contributed by atoms with Gasteiger partial charge >= 0.3 is 31.1 Å². The summed E-state index contributed by atoms with van der Waals surface area (Å²) in [5.41, 5.74) is -14.0. The second-order valence-corrected chi connectivity index (χ2v) is 8.50. The van der Waals surface area contributed by atoms with Gasteiger partial charge in [0, 0.05) is 12.5 Å². The zero-order valence-corrected chi connectivity index (χ0v) is 12.8. The van der Waals surface area contributed by atoms with Gasteiger partial charge in [-0.1, -0.05) is 6.92 Å². The number of carbonyl (C=O) groups excluding carboxylic acids is 1. The van der Waals surface area contributed by atoms with Crippen LogP contribution in [0.2, 0.25) is 0 Å². The summed E-state index contributed by atoms with van der Waals surface area (Å²) in [6.45, 7) is 1.24. The smallest absolute Gasteiger partial charge is 0.295 e. The van der Waals surface area contributed by atoms with Crippen molar-refractivity contribution in [2.75, 3.05) is 0 Å². The fourth-order valence-corrected chi connectivity index (χ4v) is 4.62. The molecule has 0 spiro atoms. The topological polar surface area (TPSA) is 88.6 Å². The molecule has 0 aromatic carbocycles. The molecule has 0 fully saturated rings. The third-order valence-corrected chi connectivity index (χ3v) is 6.38. The van der Waals surface area contributed by atoms with Gasteiger partial charge < -0.3 is 0 Å². The second-order valence-electron chi connectivity index (χ2n) is 4.71. The van der Waals surface area contributed by atoms with Gasteiger partial charge in [0.1, 0.15) is 0 Å². The Morgan fingerprint density at radius 2 is 1.35 bits per heavy atom. The summed E-state index contributed by atoms with van der Waals surface area (Å²) in [7, 11) is -13.8. The molecule has 0 aromatic rings. The number of ketones is 1. The quantitative estimate of drug-likeness (QED) is 0.688. The molecule has 0 N–H and O–H groups in total. The molecule has 1 rings (SSSR count). The molecule has 0 amide bonds. The van der Waals surface area contributed by atoms with Crippen LogP contribution in [0.3, 0.4) is 0 Å². The van der Waals surface area contributed by atoms with Crippen LogP contribution in [0.15, 0.2) is 11.8 Å². The highest BCUT2D eigenvalue weighted by Crippen LogP contribution is 2.40. The van der Waals surface area contributed by atoms with Crippen molar-refractivity contribution in [3.63, 3.8) is 0 Å². The first kappa shape index (κ1) is 19.7. The van der Waals surface area contributed by atoms with Crippen LogP contribution >= 0.6 is 0 Å². The molecule has 1 aliphatic rings. The average molecular weight is 389 g/mol. The number of nitrogens with zero attached hydrogens (tertiary/aromatic N) is 1. The van der Waals surface area contributed by atoms with Crippen LogP contribution < -0.4 is 0 Å². The van der Waals surface area contributed by atoms with E-state index in [9.17, 15) is 48.0 Å². The molecular formula is C9H9F6NO5S2. The van der Waals surface area contributed by atoms with Gasteiger partial charge in [-0.3, -0.25) is 4.79 Å². The van der Waals surface area contributed by atoms with Crippen molar-refractivity contribution in [2.24, 2.45) is 5.92 Å². The zero-order valence-electron chi connectivity index (χ0n) is 11.1. The molecule has 1 atom stereocenters. The monoisotopic (exact) mass is 389 g/mol. The van der Waals surface area contributed by atoms with Crippen molar-refractivity contribution < 1.29 is 48.0 Å². The maximum atomic E-state index is 12.6. The number of allylic oxidation sites excluding steroid dienone is 2. The van der Waals surface area contributed by atoms with Gasteiger partial charge in [-0.05, 0) is 12.3 Å². The molecule has 6 nitrogen and oxygen atoms in total. The Hall–Kier alpha value is -1.31. The average Bonchev–Trinajstić information content (AvgIpc) is 2.22. The summed E-state index contributed by atoms with van der Waals surface area (Å²) >= 11 is 0. The molecule has 0 aromatic heterocycles. The number of rotatable bonds is 3. The number of hydrogen-bond acceptors (Lipinski definition) is 5. The lowest BCUT2D eigenvalue weighted by Crippen LogP contribution is -2.49. The van der Waals surface area contributed by atoms with Crippen molar-refractivity contribution in [2.45, 2.75) is 30.8 Å². The predicted molar refractivity (Wildman–Crippen MR) is 63.3 cm³/mol. The lowest BCUT2D eigenvalue weighted by atomic mass is 9.93. The molecular weight excluding hydrogens is 380 g/mol.